The molecular weight excluding hydrogens is 344 g/mol. The molecule has 1 amide bonds. The van der Waals surface area contributed by atoms with E-state index in [1.807, 2.05) is 24.3 Å². The van der Waals surface area contributed by atoms with Crippen molar-refractivity contribution in [3.05, 3.63) is 54.0 Å². The summed E-state index contributed by atoms with van der Waals surface area (Å²) in [5.74, 6) is 0.760. The van der Waals surface area contributed by atoms with Crippen LogP contribution in [0.4, 0.5) is 5.69 Å². The van der Waals surface area contributed by atoms with Crippen LogP contribution in [0.25, 0.3) is 0 Å². The summed E-state index contributed by atoms with van der Waals surface area (Å²) in [6, 6.07) is 11.0. The lowest BCUT2D eigenvalue weighted by Crippen LogP contribution is -2.45. The van der Waals surface area contributed by atoms with Gasteiger partial charge in [0.05, 0.1) is 11.9 Å². The molecule has 1 saturated heterocycles. The Labute approximate surface area is 159 Å². The van der Waals surface area contributed by atoms with Crippen LogP contribution in [0.2, 0.25) is 0 Å². The third kappa shape index (κ3) is 5.34. The van der Waals surface area contributed by atoms with E-state index in [1.54, 1.807) is 19.2 Å². The largest absolute Gasteiger partial charge is 0.459 e. The van der Waals surface area contributed by atoms with Gasteiger partial charge in [-0.25, -0.2) is 0 Å². The number of carbonyl (C=O) groups excluding carboxylic acids is 1. The molecule has 0 aliphatic carbocycles. The molecule has 1 aliphatic rings. The van der Waals surface area contributed by atoms with Gasteiger partial charge in [0.15, 0.2) is 11.7 Å². The van der Waals surface area contributed by atoms with Crippen LogP contribution in [0.3, 0.4) is 0 Å². The van der Waals surface area contributed by atoms with E-state index < -0.39 is 0 Å². The number of carbonyl (C=O) groups is 1. The molecule has 27 heavy (non-hydrogen) atoms. The van der Waals surface area contributed by atoms with Gasteiger partial charge in [0.2, 0.25) is 0 Å². The first-order chi connectivity index (χ1) is 13.1. The van der Waals surface area contributed by atoms with Crippen molar-refractivity contribution >= 4 is 17.6 Å². The molecule has 0 spiro atoms. The van der Waals surface area contributed by atoms with Crippen molar-refractivity contribution in [2.24, 2.45) is 4.99 Å². The topological polar surface area (TPSA) is 87.9 Å². The number of hydrogen-bond acceptors (Lipinski definition) is 4. The van der Waals surface area contributed by atoms with Crippen molar-refractivity contribution in [2.75, 3.05) is 25.5 Å². The van der Waals surface area contributed by atoms with Gasteiger partial charge in [-0.3, -0.25) is 9.79 Å². The monoisotopic (exact) mass is 370 g/mol. The highest BCUT2D eigenvalue weighted by molar-refractivity contribution is 6.02. The molecule has 144 valence electrons. The minimum atomic E-state index is -0.266. The predicted octanol–water partition coefficient (Wildman–Crippen LogP) is 2.77. The van der Waals surface area contributed by atoms with Crippen molar-refractivity contribution < 1.29 is 13.9 Å². The number of rotatable bonds is 6. The van der Waals surface area contributed by atoms with Crippen molar-refractivity contribution in [3.8, 4) is 0 Å². The Kier molecular flexibility index (Phi) is 6.13. The van der Waals surface area contributed by atoms with E-state index in [0.717, 1.165) is 37.5 Å². The minimum Gasteiger partial charge on any atom is -0.459 e. The summed E-state index contributed by atoms with van der Waals surface area (Å²) in [6.45, 7) is 4.30. The first-order valence-electron chi connectivity index (χ1n) is 9.10. The zero-order valence-electron chi connectivity index (χ0n) is 15.7. The number of benzene rings is 1. The molecule has 0 bridgehead atoms. The first-order valence-corrected chi connectivity index (χ1v) is 9.10. The lowest BCUT2D eigenvalue weighted by molar-refractivity contribution is 0.0243. The summed E-state index contributed by atoms with van der Waals surface area (Å²) < 4.78 is 10.9. The first kappa shape index (κ1) is 19.0. The summed E-state index contributed by atoms with van der Waals surface area (Å²) in [7, 11) is 1.75. The molecule has 1 unspecified atom stereocenters. The maximum atomic E-state index is 12.0. The highest BCUT2D eigenvalue weighted by Gasteiger charge is 2.29. The van der Waals surface area contributed by atoms with Crippen LogP contribution in [0.1, 0.15) is 35.9 Å². The van der Waals surface area contributed by atoms with Crippen LogP contribution in [-0.4, -0.2) is 37.7 Å². The fourth-order valence-electron chi connectivity index (χ4n) is 2.96. The van der Waals surface area contributed by atoms with Gasteiger partial charge in [0.1, 0.15) is 0 Å². The third-order valence-corrected chi connectivity index (χ3v) is 4.57. The molecule has 2 aromatic rings. The lowest BCUT2D eigenvalue weighted by atomic mass is 10.0. The second kappa shape index (κ2) is 8.73. The number of ether oxygens (including phenoxy) is 1. The lowest BCUT2D eigenvalue weighted by Gasteiger charge is -2.24. The smallest absolute Gasteiger partial charge is 0.291 e. The molecule has 1 aliphatic heterocycles. The Morgan fingerprint density at radius 3 is 2.67 bits per heavy atom. The van der Waals surface area contributed by atoms with Gasteiger partial charge in [-0.1, -0.05) is 12.1 Å². The van der Waals surface area contributed by atoms with Gasteiger partial charge in [-0.05, 0) is 49.6 Å². The molecule has 3 N–H and O–H groups in total. The SMILES string of the molecule is CN=C(NCc1ccc(NC(=O)c2ccco2)cc1)NCC1(C)CCCO1. The standard InChI is InChI=1S/C20H26N4O3/c1-20(10-4-12-27-20)14-23-19(21-2)22-13-15-6-8-16(9-7-15)24-18(25)17-5-3-11-26-17/h3,5-9,11H,4,10,12-14H2,1-2H3,(H,24,25)(H2,21,22,23). The summed E-state index contributed by atoms with van der Waals surface area (Å²) in [5.41, 5.74) is 1.68. The van der Waals surface area contributed by atoms with E-state index in [0.29, 0.717) is 12.2 Å². The second-order valence-electron chi connectivity index (χ2n) is 6.81. The molecule has 3 rings (SSSR count). The number of nitrogens with zero attached hydrogens (tertiary/aromatic N) is 1. The molecule has 1 aromatic heterocycles. The molecule has 1 aromatic carbocycles. The number of hydrogen-bond donors (Lipinski definition) is 3. The molecule has 7 heteroatoms. The van der Waals surface area contributed by atoms with Crippen LogP contribution >= 0.6 is 0 Å². The van der Waals surface area contributed by atoms with Crippen LogP contribution in [0.5, 0.6) is 0 Å². The molecule has 7 nitrogen and oxygen atoms in total. The Morgan fingerprint density at radius 2 is 2.04 bits per heavy atom. The van der Waals surface area contributed by atoms with Crippen molar-refractivity contribution in [1.82, 2.24) is 10.6 Å². The molecule has 0 saturated carbocycles. The average molecular weight is 370 g/mol. The Bertz CT molecular complexity index is 763. The quantitative estimate of drug-likeness (QED) is 0.538. The van der Waals surface area contributed by atoms with Crippen LogP contribution in [0.15, 0.2) is 52.1 Å². The van der Waals surface area contributed by atoms with E-state index in [-0.39, 0.29) is 17.3 Å². The fourth-order valence-corrected chi connectivity index (χ4v) is 2.96. The van der Waals surface area contributed by atoms with Gasteiger partial charge >= 0.3 is 0 Å². The Balaban J connectivity index is 1.46. The third-order valence-electron chi connectivity index (χ3n) is 4.57. The molecule has 0 radical (unpaired) electrons. The number of furan rings is 1. The number of nitrogens with one attached hydrogen (secondary N) is 3. The van der Waals surface area contributed by atoms with Gasteiger partial charge in [0, 0.05) is 32.4 Å². The van der Waals surface area contributed by atoms with E-state index in [2.05, 4.69) is 27.9 Å². The zero-order chi connectivity index (χ0) is 19.1. The molecule has 1 atom stereocenters. The van der Waals surface area contributed by atoms with Gasteiger partial charge in [-0.2, -0.15) is 0 Å². The van der Waals surface area contributed by atoms with Crippen LogP contribution < -0.4 is 16.0 Å². The van der Waals surface area contributed by atoms with E-state index in [1.165, 1.54) is 6.26 Å². The number of aliphatic imine (C=N–C) groups is 1. The van der Waals surface area contributed by atoms with E-state index in [9.17, 15) is 4.79 Å². The second-order valence-corrected chi connectivity index (χ2v) is 6.81. The van der Waals surface area contributed by atoms with Gasteiger partial charge in [-0.15, -0.1) is 0 Å². The van der Waals surface area contributed by atoms with Gasteiger partial charge < -0.3 is 25.1 Å². The minimum absolute atomic E-state index is 0.120. The highest BCUT2D eigenvalue weighted by Crippen LogP contribution is 2.23. The number of guanidine groups is 1. The summed E-state index contributed by atoms with van der Waals surface area (Å²) in [5, 5.41) is 9.41. The summed E-state index contributed by atoms with van der Waals surface area (Å²) >= 11 is 0. The van der Waals surface area contributed by atoms with Crippen LogP contribution in [0, 0.1) is 0 Å². The number of amides is 1. The average Bonchev–Trinajstić information content (AvgIpc) is 3.35. The Hall–Kier alpha value is -2.80. The highest BCUT2D eigenvalue weighted by atomic mass is 16.5. The maximum absolute atomic E-state index is 12.0. The number of anilines is 1. The zero-order valence-corrected chi connectivity index (χ0v) is 15.7. The van der Waals surface area contributed by atoms with Crippen molar-refractivity contribution in [3.63, 3.8) is 0 Å². The van der Waals surface area contributed by atoms with Crippen LogP contribution in [-0.2, 0) is 11.3 Å². The summed E-state index contributed by atoms with van der Waals surface area (Å²) in [4.78, 5) is 16.2. The maximum Gasteiger partial charge on any atom is 0.291 e. The van der Waals surface area contributed by atoms with E-state index in [4.69, 9.17) is 9.15 Å². The molecular formula is C20H26N4O3. The summed E-state index contributed by atoms with van der Waals surface area (Å²) in [6.07, 6.45) is 3.64. The predicted molar refractivity (Wildman–Crippen MR) is 105 cm³/mol. The Morgan fingerprint density at radius 1 is 1.22 bits per heavy atom. The normalized spacial score (nSPS) is 19.7. The van der Waals surface area contributed by atoms with Crippen molar-refractivity contribution in [1.29, 1.82) is 0 Å². The molecule has 1 fully saturated rings. The van der Waals surface area contributed by atoms with Gasteiger partial charge in [0.25, 0.3) is 5.91 Å². The van der Waals surface area contributed by atoms with Crippen molar-refractivity contribution in [2.45, 2.75) is 31.9 Å². The van der Waals surface area contributed by atoms with E-state index >= 15 is 0 Å². The fraction of sp³-hybridized carbons (Fsp3) is 0.400. The molecule has 2 heterocycles.